The largest absolute Gasteiger partial charge is 0.384 e. The molecule has 2 rings (SSSR count). The first-order valence-electron chi connectivity index (χ1n) is 6.88. The van der Waals surface area contributed by atoms with Gasteiger partial charge in [0.05, 0.1) is 5.02 Å². The number of hydrogen-bond donors (Lipinski definition) is 2. The summed E-state index contributed by atoms with van der Waals surface area (Å²) in [6.45, 7) is 0.530. The number of nitrogens with one attached hydrogen (secondary N) is 1. The van der Waals surface area contributed by atoms with Crippen molar-refractivity contribution in [3.63, 3.8) is 0 Å². The van der Waals surface area contributed by atoms with E-state index in [-0.39, 0.29) is 12.5 Å². The van der Waals surface area contributed by atoms with Crippen molar-refractivity contribution in [2.24, 2.45) is 5.92 Å². The predicted octanol–water partition coefficient (Wildman–Crippen LogP) is 2.60. The van der Waals surface area contributed by atoms with Crippen LogP contribution in [0.1, 0.15) is 41.6 Å². The lowest BCUT2D eigenvalue weighted by atomic mass is 10.1. The third-order valence-corrected chi connectivity index (χ3v) is 3.87. The molecule has 1 aliphatic carbocycles. The topological polar surface area (TPSA) is 49.3 Å². The Balaban J connectivity index is 1.97. The summed E-state index contributed by atoms with van der Waals surface area (Å²) in [6, 6.07) is 5.03. The van der Waals surface area contributed by atoms with Crippen molar-refractivity contribution in [2.75, 3.05) is 13.2 Å². The second-order valence-electron chi connectivity index (χ2n) is 5.02. The molecule has 0 spiro atoms. The lowest BCUT2D eigenvalue weighted by Gasteiger charge is -2.11. The van der Waals surface area contributed by atoms with Crippen molar-refractivity contribution in [1.82, 2.24) is 5.32 Å². The van der Waals surface area contributed by atoms with Crippen LogP contribution in [0.5, 0.6) is 0 Å². The van der Waals surface area contributed by atoms with Crippen LogP contribution in [-0.2, 0) is 0 Å². The van der Waals surface area contributed by atoms with E-state index in [2.05, 4.69) is 17.2 Å². The lowest BCUT2D eigenvalue weighted by Crippen LogP contribution is -2.28. The van der Waals surface area contributed by atoms with Gasteiger partial charge in [-0.25, -0.2) is 0 Å². The summed E-state index contributed by atoms with van der Waals surface area (Å²) in [4.78, 5) is 12.0. The van der Waals surface area contributed by atoms with Gasteiger partial charge >= 0.3 is 0 Å². The minimum atomic E-state index is -0.208. The molecule has 1 aromatic rings. The smallest absolute Gasteiger partial charge is 0.251 e. The summed E-state index contributed by atoms with van der Waals surface area (Å²) in [5, 5.41) is 12.0. The zero-order valence-electron chi connectivity index (χ0n) is 11.3. The van der Waals surface area contributed by atoms with E-state index in [0.29, 0.717) is 22.1 Å². The minimum absolute atomic E-state index is 0.0968. The first-order valence-corrected chi connectivity index (χ1v) is 7.26. The minimum Gasteiger partial charge on any atom is -0.384 e. The van der Waals surface area contributed by atoms with Gasteiger partial charge in [0.25, 0.3) is 5.91 Å². The fourth-order valence-electron chi connectivity index (χ4n) is 2.45. The predicted molar refractivity (Wildman–Crippen MR) is 79.7 cm³/mol. The van der Waals surface area contributed by atoms with Gasteiger partial charge in [-0.3, -0.25) is 4.79 Å². The van der Waals surface area contributed by atoms with Crippen molar-refractivity contribution in [2.45, 2.75) is 25.7 Å². The molecule has 1 aliphatic rings. The molecule has 1 saturated carbocycles. The summed E-state index contributed by atoms with van der Waals surface area (Å²) < 4.78 is 0. The Morgan fingerprint density at radius 1 is 1.40 bits per heavy atom. The second kappa shape index (κ2) is 7.33. The number of hydrogen-bond acceptors (Lipinski definition) is 2. The zero-order valence-corrected chi connectivity index (χ0v) is 12.0. The Kier molecular flexibility index (Phi) is 5.46. The van der Waals surface area contributed by atoms with Crippen LogP contribution in [0.4, 0.5) is 0 Å². The van der Waals surface area contributed by atoms with E-state index in [9.17, 15) is 4.79 Å². The molecule has 0 aromatic heterocycles. The number of rotatable bonds is 3. The normalized spacial score (nSPS) is 14.7. The molecule has 20 heavy (non-hydrogen) atoms. The average Bonchev–Trinajstić information content (AvgIpc) is 2.96. The van der Waals surface area contributed by atoms with E-state index in [1.807, 2.05) is 0 Å². The van der Waals surface area contributed by atoms with E-state index in [0.717, 1.165) is 6.54 Å². The van der Waals surface area contributed by atoms with Crippen LogP contribution in [-0.4, -0.2) is 24.2 Å². The van der Waals surface area contributed by atoms with E-state index >= 15 is 0 Å². The van der Waals surface area contributed by atoms with Gasteiger partial charge in [0.1, 0.15) is 6.61 Å². The second-order valence-corrected chi connectivity index (χ2v) is 5.42. The van der Waals surface area contributed by atoms with E-state index in [4.69, 9.17) is 16.7 Å². The highest BCUT2D eigenvalue weighted by atomic mass is 35.5. The molecule has 2 N–H and O–H groups in total. The van der Waals surface area contributed by atoms with Crippen LogP contribution in [0, 0.1) is 17.8 Å². The highest BCUT2D eigenvalue weighted by molar-refractivity contribution is 6.32. The molecule has 0 atom stereocenters. The van der Waals surface area contributed by atoms with Gasteiger partial charge in [-0.1, -0.05) is 36.3 Å². The number of halogens is 1. The number of amides is 1. The van der Waals surface area contributed by atoms with Crippen LogP contribution >= 0.6 is 11.6 Å². The summed E-state index contributed by atoms with van der Waals surface area (Å²) in [7, 11) is 0. The lowest BCUT2D eigenvalue weighted by molar-refractivity contribution is 0.0947. The van der Waals surface area contributed by atoms with Gasteiger partial charge in [0.2, 0.25) is 0 Å². The first kappa shape index (κ1) is 14.9. The molecule has 0 radical (unpaired) electrons. The molecule has 0 aliphatic heterocycles. The zero-order chi connectivity index (χ0) is 14.4. The van der Waals surface area contributed by atoms with Crippen LogP contribution < -0.4 is 5.32 Å². The Morgan fingerprint density at radius 2 is 2.15 bits per heavy atom. The summed E-state index contributed by atoms with van der Waals surface area (Å²) in [5.74, 6) is 5.80. The SMILES string of the molecule is O=C(NCC1CCCC1)c1ccc(C#CCO)c(Cl)c1. The standard InChI is InChI=1S/C16H18ClNO2/c17-15-10-14(8-7-13(15)6-3-9-19)16(20)18-11-12-4-1-2-5-12/h7-8,10,12,19H,1-2,4-5,9,11H2,(H,18,20). The van der Waals surface area contributed by atoms with Crippen molar-refractivity contribution in [3.8, 4) is 11.8 Å². The Bertz CT molecular complexity index is 539. The summed E-state index contributed by atoms with van der Waals surface area (Å²) in [6.07, 6.45) is 4.95. The van der Waals surface area contributed by atoms with Gasteiger partial charge in [-0.05, 0) is 37.0 Å². The maximum atomic E-state index is 12.0. The van der Waals surface area contributed by atoms with Gasteiger partial charge < -0.3 is 10.4 Å². The van der Waals surface area contributed by atoms with Crippen LogP contribution in [0.3, 0.4) is 0 Å². The molecular weight excluding hydrogens is 274 g/mol. The number of benzene rings is 1. The third kappa shape index (κ3) is 4.00. The van der Waals surface area contributed by atoms with Crippen LogP contribution in [0.25, 0.3) is 0 Å². The quantitative estimate of drug-likeness (QED) is 0.841. The molecule has 1 aromatic carbocycles. The van der Waals surface area contributed by atoms with E-state index in [1.54, 1.807) is 18.2 Å². The van der Waals surface area contributed by atoms with Crippen molar-refractivity contribution in [3.05, 3.63) is 34.3 Å². The molecule has 1 amide bonds. The highest BCUT2D eigenvalue weighted by Crippen LogP contribution is 2.24. The average molecular weight is 292 g/mol. The summed E-state index contributed by atoms with van der Waals surface area (Å²) >= 11 is 6.07. The molecule has 0 saturated heterocycles. The maximum Gasteiger partial charge on any atom is 0.251 e. The summed E-state index contributed by atoms with van der Waals surface area (Å²) in [5.41, 5.74) is 1.16. The number of aliphatic hydroxyl groups is 1. The molecular formula is C16H18ClNO2. The van der Waals surface area contributed by atoms with Gasteiger partial charge in [0.15, 0.2) is 0 Å². The molecule has 106 valence electrons. The molecule has 0 heterocycles. The Hall–Kier alpha value is -1.50. The van der Waals surface area contributed by atoms with Crippen molar-refractivity contribution in [1.29, 1.82) is 0 Å². The highest BCUT2D eigenvalue weighted by Gasteiger charge is 2.16. The van der Waals surface area contributed by atoms with Gasteiger partial charge in [-0.2, -0.15) is 0 Å². The molecule has 4 heteroatoms. The van der Waals surface area contributed by atoms with Gasteiger partial charge in [0, 0.05) is 17.7 Å². The molecule has 0 bridgehead atoms. The van der Waals surface area contributed by atoms with Crippen molar-refractivity contribution < 1.29 is 9.90 Å². The molecule has 0 unspecified atom stereocenters. The number of carbonyl (C=O) groups is 1. The first-order chi connectivity index (χ1) is 9.70. The van der Waals surface area contributed by atoms with E-state index < -0.39 is 0 Å². The fraction of sp³-hybridized carbons (Fsp3) is 0.438. The monoisotopic (exact) mass is 291 g/mol. The Labute approximate surface area is 124 Å². The molecule has 3 nitrogen and oxygen atoms in total. The van der Waals surface area contributed by atoms with Crippen LogP contribution in [0.2, 0.25) is 5.02 Å². The van der Waals surface area contributed by atoms with E-state index in [1.165, 1.54) is 25.7 Å². The number of aliphatic hydroxyl groups excluding tert-OH is 1. The fourth-order valence-corrected chi connectivity index (χ4v) is 2.67. The van der Waals surface area contributed by atoms with Crippen LogP contribution in [0.15, 0.2) is 18.2 Å². The van der Waals surface area contributed by atoms with Crippen molar-refractivity contribution >= 4 is 17.5 Å². The molecule has 1 fully saturated rings. The maximum absolute atomic E-state index is 12.0. The Morgan fingerprint density at radius 3 is 2.80 bits per heavy atom. The third-order valence-electron chi connectivity index (χ3n) is 3.56. The number of carbonyl (C=O) groups excluding carboxylic acids is 1. The van der Waals surface area contributed by atoms with Gasteiger partial charge in [-0.15, -0.1) is 0 Å².